The van der Waals surface area contributed by atoms with E-state index in [1.807, 2.05) is 19.9 Å². The van der Waals surface area contributed by atoms with E-state index in [2.05, 4.69) is 34.2 Å². The lowest BCUT2D eigenvalue weighted by Crippen LogP contribution is -2.54. The molecule has 1 aliphatic carbocycles. The Hall–Kier alpha value is -0.910. The van der Waals surface area contributed by atoms with Crippen LogP contribution in [0.25, 0.3) is 0 Å². The molecule has 0 radical (unpaired) electrons. The van der Waals surface area contributed by atoms with Crippen molar-refractivity contribution in [2.75, 3.05) is 7.11 Å². The van der Waals surface area contributed by atoms with Crippen molar-refractivity contribution >= 4 is 21.8 Å². The predicted molar refractivity (Wildman–Crippen MR) is 97.1 cm³/mol. The van der Waals surface area contributed by atoms with E-state index in [1.54, 1.807) is 7.11 Å². The molecule has 5 heteroatoms. The molecule has 2 atom stereocenters. The van der Waals surface area contributed by atoms with Crippen molar-refractivity contribution in [2.24, 2.45) is 0 Å². The fourth-order valence-electron chi connectivity index (χ4n) is 4.32. The first-order valence-corrected chi connectivity index (χ1v) is 9.32. The molecule has 2 N–H and O–H groups in total. The van der Waals surface area contributed by atoms with E-state index in [0.29, 0.717) is 0 Å². The van der Waals surface area contributed by atoms with Crippen molar-refractivity contribution in [3.8, 4) is 0 Å². The summed E-state index contributed by atoms with van der Waals surface area (Å²) in [6.07, 6.45) is 2.43. The van der Waals surface area contributed by atoms with Crippen LogP contribution in [-0.4, -0.2) is 35.4 Å². The Morgan fingerprint density at radius 3 is 2.42 bits per heavy atom. The van der Waals surface area contributed by atoms with Crippen LogP contribution >= 0.6 is 15.9 Å². The largest absolute Gasteiger partial charge is 0.389 e. The van der Waals surface area contributed by atoms with Gasteiger partial charge in [0.2, 0.25) is 5.91 Å². The Morgan fingerprint density at radius 2 is 1.88 bits per heavy atom. The summed E-state index contributed by atoms with van der Waals surface area (Å²) in [6.45, 7) is 6.13. The van der Waals surface area contributed by atoms with Gasteiger partial charge in [-0.3, -0.25) is 4.79 Å². The Labute approximate surface area is 152 Å². The van der Waals surface area contributed by atoms with Gasteiger partial charge in [-0.25, -0.2) is 0 Å². The molecule has 1 aromatic carbocycles. The molecule has 1 saturated heterocycles. The van der Waals surface area contributed by atoms with Crippen molar-refractivity contribution in [3.05, 3.63) is 33.3 Å². The lowest BCUT2D eigenvalue weighted by atomic mass is 9.70. The van der Waals surface area contributed by atoms with Crippen LogP contribution in [0.1, 0.15) is 55.2 Å². The topological polar surface area (TPSA) is 58.6 Å². The number of carbonyl (C=O) groups excluding carboxylic acids is 1. The summed E-state index contributed by atoms with van der Waals surface area (Å²) < 4.78 is 6.50. The maximum atomic E-state index is 12.8. The van der Waals surface area contributed by atoms with Gasteiger partial charge < -0.3 is 15.2 Å². The van der Waals surface area contributed by atoms with Crippen LogP contribution in [-0.2, 0) is 9.53 Å². The van der Waals surface area contributed by atoms with Gasteiger partial charge in [0.25, 0.3) is 0 Å². The van der Waals surface area contributed by atoms with Crippen molar-refractivity contribution in [1.82, 2.24) is 5.32 Å². The lowest BCUT2D eigenvalue weighted by Gasteiger charge is -2.44. The highest BCUT2D eigenvalue weighted by Crippen LogP contribution is 2.47. The van der Waals surface area contributed by atoms with E-state index in [9.17, 15) is 9.90 Å². The molecule has 1 spiro atoms. The molecule has 2 aliphatic rings. The minimum absolute atomic E-state index is 0.0730. The third-order valence-corrected chi connectivity index (χ3v) is 6.68. The summed E-state index contributed by atoms with van der Waals surface area (Å²) in [5.41, 5.74) is 2.39. The Morgan fingerprint density at radius 1 is 1.25 bits per heavy atom. The first kappa shape index (κ1) is 17.9. The Balaban J connectivity index is 1.92. The number of methoxy groups -OCH3 is 1. The van der Waals surface area contributed by atoms with Crippen LogP contribution in [0, 0.1) is 13.8 Å². The minimum atomic E-state index is -0.718. The summed E-state index contributed by atoms with van der Waals surface area (Å²) in [4.78, 5) is 12.8. The number of benzene rings is 1. The fraction of sp³-hybridized carbons (Fsp3) is 0.632. The van der Waals surface area contributed by atoms with Gasteiger partial charge in [0.1, 0.15) is 0 Å². The molecular formula is C19H26BrNO3. The lowest BCUT2D eigenvalue weighted by molar-refractivity contribution is -0.121. The molecule has 2 fully saturated rings. The molecule has 1 heterocycles. The van der Waals surface area contributed by atoms with E-state index >= 15 is 0 Å². The number of aliphatic hydroxyl groups excluding tert-OH is 1. The number of halogens is 1. The molecule has 0 aromatic heterocycles. The number of ether oxygens (including phenoxy) is 1. The van der Waals surface area contributed by atoms with Crippen LogP contribution in [0.5, 0.6) is 0 Å². The predicted octanol–water partition coefficient (Wildman–Crippen LogP) is 3.36. The maximum Gasteiger partial charge on any atom is 0.230 e. The van der Waals surface area contributed by atoms with Gasteiger partial charge in [-0.2, -0.15) is 0 Å². The molecule has 1 aliphatic heterocycles. The Kier molecular flexibility index (Phi) is 4.56. The molecule has 1 aromatic rings. The Bertz CT molecular complexity index is 642. The van der Waals surface area contributed by atoms with E-state index in [4.69, 9.17) is 4.74 Å². The average molecular weight is 396 g/mol. The summed E-state index contributed by atoms with van der Waals surface area (Å²) in [6, 6.07) is 4.07. The van der Waals surface area contributed by atoms with E-state index in [-0.39, 0.29) is 11.5 Å². The van der Waals surface area contributed by atoms with E-state index in [1.165, 1.54) is 0 Å². The van der Waals surface area contributed by atoms with Crippen LogP contribution in [0.15, 0.2) is 16.6 Å². The van der Waals surface area contributed by atoms with Crippen molar-refractivity contribution in [1.29, 1.82) is 0 Å². The summed E-state index contributed by atoms with van der Waals surface area (Å²) in [5, 5.41) is 14.2. The zero-order chi connectivity index (χ0) is 17.7. The minimum Gasteiger partial charge on any atom is -0.389 e. The third kappa shape index (κ3) is 2.80. The second-order valence-electron chi connectivity index (χ2n) is 7.70. The number of hydrogen-bond acceptors (Lipinski definition) is 3. The van der Waals surface area contributed by atoms with Gasteiger partial charge in [0, 0.05) is 11.6 Å². The molecule has 0 bridgehead atoms. The monoisotopic (exact) mass is 395 g/mol. The smallest absolute Gasteiger partial charge is 0.230 e. The molecule has 1 amide bonds. The molecule has 4 nitrogen and oxygen atoms in total. The van der Waals surface area contributed by atoms with Crippen LogP contribution in [0.3, 0.4) is 0 Å². The number of hydrogen-bond donors (Lipinski definition) is 2. The van der Waals surface area contributed by atoms with Crippen molar-refractivity contribution in [3.63, 3.8) is 0 Å². The second-order valence-corrected chi connectivity index (χ2v) is 8.55. The van der Waals surface area contributed by atoms with Crippen LogP contribution in [0.2, 0.25) is 0 Å². The van der Waals surface area contributed by atoms with Crippen LogP contribution < -0.4 is 5.32 Å². The van der Waals surface area contributed by atoms with Gasteiger partial charge in [0.15, 0.2) is 0 Å². The summed E-state index contributed by atoms with van der Waals surface area (Å²) >= 11 is 3.59. The normalized spacial score (nSPS) is 36.2. The van der Waals surface area contributed by atoms with Crippen molar-refractivity contribution in [2.45, 2.75) is 69.6 Å². The van der Waals surface area contributed by atoms with Gasteiger partial charge in [-0.15, -0.1) is 0 Å². The van der Waals surface area contributed by atoms with Gasteiger partial charge >= 0.3 is 0 Å². The van der Waals surface area contributed by atoms with Crippen LogP contribution in [0.4, 0.5) is 0 Å². The van der Waals surface area contributed by atoms with Gasteiger partial charge in [-0.1, -0.05) is 22.0 Å². The average Bonchev–Trinajstić information content (AvgIpc) is 2.75. The first-order valence-electron chi connectivity index (χ1n) is 8.53. The molecule has 2 unspecified atom stereocenters. The molecule has 3 rings (SSSR count). The number of nitrogens with one attached hydrogen (secondary N) is 1. The third-order valence-electron chi connectivity index (χ3n) is 6.02. The SMILES string of the molecule is COC1(C)CCC2(CC1)NC(=O)C(c1c(C)cc(C)cc1Br)C2O. The number of rotatable bonds is 2. The molecule has 1 saturated carbocycles. The quantitative estimate of drug-likeness (QED) is 0.806. The number of aryl methyl sites for hydroxylation is 2. The van der Waals surface area contributed by atoms with Gasteiger partial charge in [-0.05, 0) is 69.2 Å². The number of carbonyl (C=O) groups is 1. The highest BCUT2D eigenvalue weighted by atomic mass is 79.9. The van der Waals surface area contributed by atoms with Gasteiger partial charge in [0.05, 0.1) is 23.2 Å². The standard InChI is InChI=1S/C19H26BrNO3/c1-11-9-12(2)14(13(20)10-11)15-16(22)19(21-17(15)23)7-5-18(3,24-4)6-8-19/h9-10,15-16,22H,5-8H2,1-4H3,(H,21,23). The van der Waals surface area contributed by atoms with Crippen molar-refractivity contribution < 1.29 is 14.6 Å². The molecule has 132 valence electrons. The van der Waals surface area contributed by atoms with E-state index in [0.717, 1.165) is 46.8 Å². The zero-order valence-corrected chi connectivity index (χ0v) is 16.4. The number of aliphatic hydroxyl groups is 1. The maximum absolute atomic E-state index is 12.8. The highest BCUT2D eigenvalue weighted by Gasteiger charge is 2.56. The molecule has 24 heavy (non-hydrogen) atoms. The summed E-state index contributed by atoms with van der Waals surface area (Å²) in [7, 11) is 1.73. The highest BCUT2D eigenvalue weighted by molar-refractivity contribution is 9.10. The first-order chi connectivity index (χ1) is 11.2. The number of amides is 1. The second kappa shape index (κ2) is 6.11. The summed E-state index contributed by atoms with van der Waals surface area (Å²) in [5.74, 6) is -0.594. The molecular weight excluding hydrogens is 370 g/mol. The fourth-order valence-corrected chi connectivity index (χ4v) is 5.24. The van der Waals surface area contributed by atoms with E-state index < -0.39 is 17.6 Å². The zero-order valence-electron chi connectivity index (χ0n) is 14.8.